The molecule has 0 saturated heterocycles. The average molecular weight is 259 g/mol. The van der Waals surface area contributed by atoms with Gasteiger partial charge >= 0.3 is 5.97 Å². The smallest absolute Gasteiger partial charge is 0.341 e. The third-order valence-corrected chi connectivity index (χ3v) is 2.82. The molecule has 19 heavy (non-hydrogen) atoms. The highest BCUT2D eigenvalue weighted by Crippen LogP contribution is 2.23. The number of rotatable bonds is 3. The number of methoxy groups -OCH3 is 1. The number of nitrogens with zero attached hydrogens (tertiary/aromatic N) is 1. The standard InChI is InChI=1S/C14H13NO4/c1-9-7-12(16)10(14(17)18)8-15(9)11-5-3-4-6-13(11)19-2/h3-8H,1-2H3,(H,17,18). The second-order valence-electron chi connectivity index (χ2n) is 4.04. The Bertz CT molecular complexity index is 688. The summed E-state index contributed by atoms with van der Waals surface area (Å²) in [5, 5.41) is 9.01. The summed E-state index contributed by atoms with van der Waals surface area (Å²) in [6.07, 6.45) is 1.32. The van der Waals surface area contributed by atoms with Crippen molar-refractivity contribution in [2.45, 2.75) is 6.92 Å². The fourth-order valence-corrected chi connectivity index (χ4v) is 1.88. The van der Waals surface area contributed by atoms with Crippen LogP contribution in [0.5, 0.6) is 5.75 Å². The number of pyridine rings is 1. The van der Waals surface area contributed by atoms with E-state index >= 15 is 0 Å². The van der Waals surface area contributed by atoms with E-state index in [0.717, 1.165) is 0 Å². The van der Waals surface area contributed by atoms with E-state index in [2.05, 4.69) is 0 Å². The molecule has 2 aromatic rings. The van der Waals surface area contributed by atoms with Crippen molar-refractivity contribution in [2.24, 2.45) is 0 Å². The van der Waals surface area contributed by atoms with Gasteiger partial charge in [-0.2, -0.15) is 0 Å². The first-order valence-electron chi connectivity index (χ1n) is 5.64. The Morgan fingerprint density at radius 1 is 1.32 bits per heavy atom. The molecular formula is C14H13NO4. The summed E-state index contributed by atoms with van der Waals surface area (Å²) < 4.78 is 6.87. The maximum atomic E-state index is 11.6. The molecule has 0 amide bonds. The highest BCUT2D eigenvalue weighted by molar-refractivity contribution is 5.87. The van der Waals surface area contributed by atoms with Gasteiger partial charge in [-0.15, -0.1) is 0 Å². The highest BCUT2D eigenvalue weighted by Gasteiger charge is 2.13. The number of ether oxygens (including phenoxy) is 1. The lowest BCUT2D eigenvalue weighted by atomic mass is 10.2. The van der Waals surface area contributed by atoms with Gasteiger partial charge in [0.15, 0.2) is 5.43 Å². The monoisotopic (exact) mass is 259 g/mol. The molecule has 1 N–H and O–H groups in total. The number of hydrogen-bond donors (Lipinski definition) is 1. The summed E-state index contributed by atoms with van der Waals surface area (Å²) >= 11 is 0. The molecule has 0 bridgehead atoms. The van der Waals surface area contributed by atoms with Crippen LogP contribution < -0.4 is 10.2 Å². The van der Waals surface area contributed by atoms with E-state index < -0.39 is 11.4 Å². The molecule has 0 saturated carbocycles. The van der Waals surface area contributed by atoms with Gasteiger partial charge in [0.25, 0.3) is 0 Å². The lowest BCUT2D eigenvalue weighted by Gasteiger charge is -2.14. The Hall–Kier alpha value is -2.56. The predicted octanol–water partition coefficient (Wildman–Crippen LogP) is 1.85. The number of aryl methyl sites for hydroxylation is 1. The average Bonchev–Trinajstić information content (AvgIpc) is 2.38. The van der Waals surface area contributed by atoms with Crippen molar-refractivity contribution in [3.8, 4) is 11.4 Å². The second-order valence-corrected chi connectivity index (χ2v) is 4.04. The van der Waals surface area contributed by atoms with Crippen LogP contribution in [-0.4, -0.2) is 22.8 Å². The van der Waals surface area contributed by atoms with Crippen LogP contribution in [0.3, 0.4) is 0 Å². The number of hydrogen-bond acceptors (Lipinski definition) is 3. The van der Waals surface area contributed by atoms with Crippen molar-refractivity contribution in [3.05, 3.63) is 58.0 Å². The van der Waals surface area contributed by atoms with Crippen molar-refractivity contribution in [1.29, 1.82) is 0 Å². The van der Waals surface area contributed by atoms with Crippen molar-refractivity contribution >= 4 is 5.97 Å². The SMILES string of the molecule is COc1ccccc1-n1cc(C(=O)O)c(=O)cc1C. The minimum absolute atomic E-state index is 0.267. The molecule has 1 aromatic heterocycles. The molecular weight excluding hydrogens is 246 g/mol. The van der Waals surface area contributed by atoms with Crippen LogP contribution in [-0.2, 0) is 0 Å². The summed E-state index contributed by atoms with van der Waals surface area (Å²) in [7, 11) is 1.54. The predicted molar refractivity (Wildman–Crippen MR) is 70.3 cm³/mol. The first-order chi connectivity index (χ1) is 9.04. The van der Waals surface area contributed by atoms with Crippen LogP contribution in [0.4, 0.5) is 0 Å². The first kappa shape index (κ1) is 12.9. The largest absolute Gasteiger partial charge is 0.495 e. The lowest BCUT2D eigenvalue weighted by Crippen LogP contribution is -2.18. The van der Waals surface area contributed by atoms with E-state index in [9.17, 15) is 9.59 Å². The fraction of sp³-hybridized carbons (Fsp3) is 0.143. The molecule has 0 radical (unpaired) electrons. The van der Waals surface area contributed by atoms with Crippen molar-refractivity contribution < 1.29 is 14.6 Å². The van der Waals surface area contributed by atoms with E-state index in [1.54, 1.807) is 23.6 Å². The number of carbonyl (C=O) groups is 1. The van der Waals surface area contributed by atoms with Crippen molar-refractivity contribution in [1.82, 2.24) is 4.57 Å². The Labute approximate surface area is 109 Å². The van der Waals surface area contributed by atoms with Gasteiger partial charge in [-0.3, -0.25) is 4.79 Å². The molecule has 2 rings (SSSR count). The van der Waals surface area contributed by atoms with E-state index in [1.807, 2.05) is 12.1 Å². The number of carboxylic acids is 1. The number of aromatic nitrogens is 1. The summed E-state index contributed by atoms with van der Waals surface area (Å²) in [4.78, 5) is 22.6. The first-order valence-corrected chi connectivity index (χ1v) is 5.64. The Morgan fingerprint density at radius 2 is 2.00 bits per heavy atom. The molecule has 5 nitrogen and oxygen atoms in total. The van der Waals surface area contributed by atoms with Gasteiger partial charge in [-0.1, -0.05) is 12.1 Å². The Morgan fingerprint density at radius 3 is 2.63 bits per heavy atom. The van der Waals surface area contributed by atoms with Crippen LogP contribution in [0.15, 0.2) is 41.3 Å². The van der Waals surface area contributed by atoms with Crippen molar-refractivity contribution in [2.75, 3.05) is 7.11 Å². The number of para-hydroxylation sites is 2. The van der Waals surface area contributed by atoms with Gasteiger partial charge in [-0.25, -0.2) is 4.79 Å². The molecule has 0 aliphatic rings. The third-order valence-electron chi connectivity index (χ3n) is 2.82. The Kier molecular flexibility index (Phi) is 3.37. The number of aromatic carboxylic acids is 1. The van der Waals surface area contributed by atoms with E-state index in [0.29, 0.717) is 17.1 Å². The molecule has 1 heterocycles. The van der Waals surface area contributed by atoms with Crippen LogP contribution in [0.2, 0.25) is 0 Å². The topological polar surface area (TPSA) is 68.5 Å². The number of benzene rings is 1. The minimum atomic E-state index is -1.24. The molecule has 0 aliphatic heterocycles. The summed E-state index contributed by atoms with van der Waals surface area (Å²) in [5.74, 6) is -0.640. The maximum Gasteiger partial charge on any atom is 0.341 e. The molecule has 0 atom stereocenters. The Balaban J connectivity index is 2.72. The third kappa shape index (κ3) is 2.35. The normalized spacial score (nSPS) is 10.2. The summed E-state index contributed by atoms with van der Waals surface area (Å²) in [6, 6.07) is 8.50. The quantitative estimate of drug-likeness (QED) is 0.913. The van der Waals surface area contributed by atoms with E-state index in [1.165, 1.54) is 19.4 Å². The zero-order valence-corrected chi connectivity index (χ0v) is 10.6. The van der Waals surface area contributed by atoms with Crippen LogP contribution >= 0.6 is 0 Å². The fourth-order valence-electron chi connectivity index (χ4n) is 1.88. The van der Waals surface area contributed by atoms with Gasteiger partial charge in [-0.05, 0) is 19.1 Å². The zero-order chi connectivity index (χ0) is 14.0. The van der Waals surface area contributed by atoms with Gasteiger partial charge in [0.2, 0.25) is 0 Å². The van der Waals surface area contributed by atoms with Gasteiger partial charge < -0.3 is 14.4 Å². The molecule has 1 aromatic carbocycles. The molecule has 0 fully saturated rings. The van der Waals surface area contributed by atoms with E-state index in [-0.39, 0.29) is 5.56 Å². The molecule has 0 spiro atoms. The van der Waals surface area contributed by atoms with Crippen molar-refractivity contribution in [3.63, 3.8) is 0 Å². The molecule has 0 unspecified atom stereocenters. The molecule has 98 valence electrons. The summed E-state index contributed by atoms with van der Waals surface area (Å²) in [6.45, 7) is 1.74. The van der Waals surface area contributed by atoms with Crippen LogP contribution in [0.25, 0.3) is 5.69 Å². The van der Waals surface area contributed by atoms with Gasteiger partial charge in [0.05, 0.1) is 12.8 Å². The minimum Gasteiger partial charge on any atom is -0.495 e. The van der Waals surface area contributed by atoms with Gasteiger partial charge in [0.1, 0.15) is 11.3 Å². The lowest BCUT2D eigenvalue weighted by molar-refractivity contribution is 0.0694. The maximum absolute atomic E-state index is 11.6. The second kappa shape index (κ2) is 4.97. The zero-order valence-electron chi connectivity index (χ0n) is 10.6. The molecule has 5 heteroatoms. The van der Waals surface area contributed by atoms with Crippen LogP contribution in [0.1, 0.15) is 16.1 Å². The number of carboxylic acid groups (broad SMARTS) is 1. The summed E-state index contributed by atoms with van der Waals surface area (Å²) in [5.41, 5.74) is 0.553. The van der Waals surface area contributed by atoms with Gasteiger partial charge in [0, 0.05) is 18.0 Å². The van der Waals surface area contributed by atoms with Crippen LogP contribution in [0, 0.1) is 6.92 Å². The highest BCUT2D eigenvalue weighted by atomic mass is 16.5. The van der Waals surface area contributed by atoms with E-state index in [4.69, 9.17) is 9.84 Å². The molecule has 0 aliphatic carbocycles.